The Balaban J connectivity index is 2.13. The molecule has 0 heterocycles. The molecule has 0 spiro atoms. The quantitative estimate of drug-likeness (QED) is 0.813. The Morgan fingerprint density at radius 3 is 2.71 bits per heavy atom. The maximum Gasteiger partial charge on any atom is 0.126 e. The molecule has 3 unspecified atom stereocenters. The van der Waals surface area contributed by atoms with Gasteiger partial charge in [0.1, 0.15) is 5.82 Å². The summed E-state index contributed by atoms with van der Waals surface area (Å²) in [4.78, 5) is 0. The molecule has 21 heavy (non-hydrogen) atoms. The van der Waals surface area contributed by atoms with Gasteiger partial charge in [0.15, 0.2) is 0 Å². The molecule has 1 fully saturated rings. The van der Waals surface area contributed by atoms with Crippen molar-refractivity contribution in [1.29, 1.82) is 0 Å². The molecule has 1 aliphatic rings. The summed E-state index contributed by atoms with van der Waals surface area (Å²) >= 11 is 6.03. The van der Waals surface area contributed by atoms with Gasteiger partial charge in [0.05, 0.1) is 0 Å². The molecule has 0 aliphatic heterocycles. The molecule has 0 amide bonds. The maximum atomic E-state index is 14.0. The van der Waals surface area contributed by atoms with Crippen molar-refractivity contribution in [3.05, 3.63) is 34.6 Å². The fraction of sp³-hybridized carbons (Fsp3) is 0.667. The third kappa shape index (κ3) is 4.43. The molecular formula is C18H27ClFN. The van der Waals surface area contributed by atoms with Crippen LogP contribution in [0.3, 0.4) is 0 Å². The van der Waals surface area contributed by atoms with E-state index in [-0.39, 0.29) is 5.82 Å². The Kier molecular flexibility index (Phi) is 6.07. The second kappa shape index (κ2) is 7.60. The summed E-state index contributed by atoms with van der Waals surface area (Å²) in [5, 5.41) is 3.94. The SMILES string of the molecule is CNCC1CCC(C(C)C)CC1Cc1cc(Cl)ccc1F. The fourth-order valence-corrected chi connectivity index (χ4v) is 3.93. The van der Waals surface area contributed by atoms with Crippen LogP contribution < -0.4 is 5.32 Å². The van der Waals surface area contributed by atoms with Crippen LogP contribution in [0.4, 0.5) is 4.39 Å². The first-order valence-electron chi connectivity index (χ1n) is 8.09. The molecule has 3 heteroatoms. The Morgan fingerprint density at radius 1 is 1.29 bits per heavy atom. The average Bonchev–Trinajstić information content (AvgIpc) is 2.44. The van der Waals surface area contributed by atoms with Crippen LogP contribution in [-0.4, -0.2) is 13.6 Å². The fourth-order valence-electron chi connectivity index (χ4n) is 3.73. The van der Waals surface area contributed by atoms with Gasteiger partial charge < -0.3 is 5.32 Å². The molecule has 0 radical (unpaired) electrons. The summed E-state index contributed by atoms with van der Waals surface area (Å²) in [5.74, 6) is 2.56. The van der Waals surface area contributed by atoms with Crippen LogP contribution in [0, 0.1) is 29.5 Å². The van der Waals surface area contributed by atoms with Crippen LogP contribution in [0.15, 0.2) is 18.2 Å². The lowest BCUT2D eigenvalue weighted by Gasteiger charge is -2.38. The first-order valence-corrected chi connectivity index (χ1v) is 8.47. The Labute approximate surface area is 133 Å². The van der Waals surface area contributed by atoms with E-state index in [1.54, 1.807) is 12.1 Å². The minimum Gasteiger partial charge on any atom is -0.319 e. The van der Waals surface area contributed by atoms with Crippen LogP contribution in [0.2, 0.25) is 5.02 Å². The summed E-state index contributed by atoms with van der Waals surface area (Å²) in [5.41, 5.74) is 0.776. The standard InChI is InChI=1S/C18H27ClFN/c1-12(2)13-4-5-14(11-21-3)15(8-13)9-16-10-17(19)6-7-18(16)20/h6-7,10,12-15,21H,4-5,8-9,11H2,1-3H3. The van der Waals surface area contributed by atoms with Crippen LogP contribution >= 0.6 is 11.6 Å². The van der Waals surface area contributed by atoms with Crippen molar-refractivity contribution in [2.75, 3.05) is 13.6 Å². The molecule has 1 aromatic rings. The highest BCUT2D eigenvalue weighted by molar-refractivity contribution is 6.30. The molecule has 1 aromatic carbocycles. The van der Waals surface area contributed by atoms with Gasteiger partial charge in [0.2, 0.25) is 0 Å². The van der Waals surface area contributed by atoms with E-state index in [0.29, 0.717) is 22.8 Å². The van der Waals surface area contributed by atoms with E-state index in [1.807, 2.05) is 7.05 Å². The van der Waals surface area contributed by atoms with E-state index < -0.39 is 0 Å². The highest BCUT2D eigenvalue weighted by Gasteiger charge is 2.31. The number of nitrogens with one attached hydrogen (secondary N) is 1. The highest BCUT2D eigenvalue weighted by atomic mass is 35.5. The predicted octanol–water partition coefficient (Wildman–Crippen LogP) is 4.93. The number of hydrogen-bond acceptors (Lipinski definition) is 1. The van der Waals surface area contributed by atoms with Gasteiger partial charge in [-0.3, -0.25) is 0 Å². The third-order valence-corrected chi connectivity index (χ3v) is 5.31. The summed E-state index contributed by atoms with van der Waals surface area (Å²) in [7, 11) is 2.01. The van der Waals surface area contributed by atoms with Crippen molar-refractivity contribution in [2.24, 2.45) is 23.7 Å². The van der Waals surface area contributed by atoms with Crippen LogP contribution in [0.5, 0.6) is 0 Å². The van der Waals surface area contributed by atoms with E-state index >= 15 is 0 Å². The molecule has 1 saturated carbocycles. The normalized spacial score (nSPS) is 26.3. The van der Waals surface area contributed by atoms with Gasteiger partial charge in [-0.15, -0.1) is 0 Å². The zero-order valence-electron chi connectivity index (χ0n) is 13.3. The van der Waals surface area contributed by atoms with Crippen LogP contribution in [0.1, 0.15) is 38.7 Å². The van der Waals surface area contributed by atoms with Gasteiger partial charge >= 0.3 is 0 Å². The number of benzene rings is 1. The molecule has 0 bridgehead atoms. The number of halogens is 2. The lowest BCUT2D eigenvalue weighted by atomic mass is 9.68. The average molecular weight is 312 g/mol. The van der Waals surface area contributed by atoms with E-state index in [0.717, 1.165) is 24.4 Å². The Bertz CT molecular complexity index is 461. The van der Waals surface area contributed by atoms with Gasteiger partial charge in [0.25, 0.3) is 0 Å². The first-order chi connectivity index (χ1) is 10.0. The maximum absolute atomic E-state index is 14.0. The molecule has 1 nitrogen and oxygen atoms in total. The summed E-state index contributed by atoms with van der Waals surface area (Å²) in [6, 6.07) is 4.92. The first kappa shape index (κ1) is 16.8. The van der Waals surface area contributed by atoms with Gasteiger partial charge in [-0.25, -0.2) is 4.39 Å². The molecule has 118 valence electrons. The molecule has 0 saturated heterocycles. The topological polar surface area (TPSA) is 12.0 Å². The van der Waals surface area contributed by atoms with Crippen molar-refractivity contribution >= 4 is 11.6 Å². The molecule has 1 aliphatic carbocycles. The molecule has 2 rings (SSSR count). The van der Waals surface area contributed by atoms with Gasteiger partial charge in [-0.05, 0) is 86.7 Å². The lowest BCUT2D eigenvalue weighted by Crippen LogP contribution is -2.34. The molecule has 3 atom stereocenters. The minimum absolute atomic E-state index is 0.116. The zero-order chi connectivity index (χ0) is 15.4. The lowest BCUT2D eigenvalue weighted by molar-refractivity contribution is 0.145. The second-order valence-corrected chi connectivity index (χ2v) is 7.27. The van der Waals surface area contributed by atoms with E-state index in [2.05, 4.69) is 19.2 Å². The second-order valence-electron chi connectivity index (χ2n) is 6.83. The highest BCUT2D eigenvalue weighted by Crippen LogP contribution is 2.39. The van der Waals surface area contributed by atoms with Crippen molar-refractivity contribution in [3.63, 3.8) is 0 Å². The smallest absolute Gasteiger partial charge is 0.126 e. The van der Waals surface area contributed by atoms with E-state index in [9.17, 15) is 4.39 Å². The monoisotopic (exact) mass is 311 g/mol. The summed E-state index contributed by atoms with van der Waals surface area (Å²) < 4.78 is 14.0. The Hall–Kier alpha value is -0.600. The number of hydrogen-bond donors (Lipinski definition) is 1. The zero-order valence-corrected chi connectivity index (χ0v) is 14.1. The van der Waals surface area contributed by atoms with Crippen molar-refractivity contribution in [1.82, 2.24) is 5.32 Å². The van der Waals surface area contributed by atoms with E-state index in [4.69, 9.17) is 11.6 Å². The van der Waals surface area contributed by atoms with Crippen molar-refractivity contribution in [3.8, 4) is 0 Å². The predicted molar refractivity (Wildman–Crippen MR) is 88.2 cm³/mol. The molecular weight excluding hydrogens is 285 g/mol. The minimum atomic E-state index is -0.116. The molecule has 0 aromatic heterocycles. The summed E-state index contributed by atoms with van der Waals surface area (Å²) in [6.45, 7) is 5.64. The Morgan fingerprint density at radius 2 is 2.05 bits per heavy atom. The third-order valence-electron chi connectivity index (χ3n) is 5.08. The number of rotatable bonds is 5. The van der Waals surface area contributed by atoms with Gasteiger partial charge in [-0.1, -0.05) is 25.4 Å². The summed E-state index contributed by atoms with van der Waals surface area (Å²) in [6.07, 6.45) is 4.56. The van der Waals surface area contributed by atoms with Crippen molar-refractivity contribution in [2.45, 2.75) is 39.5 Å². The van der Waals surface area contributed by atoms with Crippen LogP contribution in [-0.2, 0) is 6.42 Å². The molecule has 1 N–H and O–H groups in total. The largest absolute Gasteiger partial charge is 0.319 e. The van der Waals surface area contributed by atoms with Gasteiger partial charge in [-0.2, -0.15) is 0 Å². The van der Waals surface area contributed by atoms with Gasteiger partial charge in [0, 0.05) is 5.02 Å². The van der Waals surface area contributed by atoms with Crippen LogP contribution in [0.25, 0.3) is 0 Å². The van der Waals surface area contributed by atoms with Crippen molar-refractivity contribution < 1.29 is 4.39 Å². The van der Waals surface area contributed by atoms with E-state index in [1.165, 1.54) is 25.3 Å².